The number of nitrogens with zero attached hydrogens (tertiary/aromatic N) is 1. The monoisotopic (exact) mass is 393 g/mol. The van der Waals surface area contributed by atoms with Gasteiger partial charge in [0.2, 0.25) is 0 Å². The first-order valence-corrected chi connectivity index (χ1v) is 9.98. The van der Waals surface area contributed by atoms with Crippen molar-refractivity contribution in [2.24, 2.45) is 5.92 Å². The van der Waals surface area contributed by atoms with Crippen LogP contribution in [-0.2, 0) is 9.47 Å². The molecule has 7 nitrogen and oxygen atoms in total. The Balaban J connectivity index is 2.54. The molecule has 158 valence electrons. The van der Waals surface area contributed by atoms with Crippen LogP contribution in [0.4, 0.5) is 21.0 Å². The van der Waals surface area contributed by atoms with Gasteiger partial charge in [-0.25, -0.2) is 9.59 Å². The number of likely N-dealkylation sites (N-methyl/N-ethyl adjacent to an activating group) is 1. The molecule has 0 saturated heterocycles. The maximum atomic E-state index is 12.1. The molecule has 1 aromatic rings. The van der Waals surface area contributed by atoms with Crippen LogP contribution < -0.4 is 10.6 Å². The van der Waals surface area contributed by atoms with Crippen LogP contribution in [-0.4, -0.2) is 50.9 Å². The Hall–Kier alpha value is -2.28. The van der Waals surface area contributed by atoms with Crippen LogP contribution in [0.2, 0.25) is 0 Å². The van der Waals surface area contributed by atoms with Gasteiger partial charge in [0.25, 0.3) is 0 Å². The van der Waals surface area contributed by atoms with Crippen molar-refractivity contribution in [1.29, 1.82) is 0 Å². The maximum Gasteiger partial charge on any atom is 0.411 e. The molecular weight excluding hydrogens is 358 g/mol. The maximum absolute atomic E-state index is 12.1. The second-order valence-corrected chi connectivity index (χ2v) is 7.23. The van der Waals surface area contributed by atoms with E-state index in [1.165, 1.54) is 0 Å². The first-order chi connectivity index (χ1) is 13.3. The number of hydrogen-bond acceptors (Lipinski definition) is 5. The number of carbonyl (C=O) groups is 2. The van der Waals surface area contributed by atoms with Crippen molar-refractivity contribution < 1.29 is 19.1 Å². The van der Waals surface area contributed by atoms with E-state index in [0.717, 1.165) is 31.2 Å². The molecule has 2 N–H and O–H groups in total. The normalized spacial score (nSPS) is 11.8. The number of ether oxygens (including phenoxy) is 2. The van der Waals surface area contributed by atoms with Gasteiger partial charge in [-0.3, -0.25) is 10.6 Å². The minimum Gasteiger partial charge on any atom is -0.449 e. The summed E-state index contributed by atoms with van der Waals surface area (Å²) in [4.78, 5) is 25.9. The molecule has 1 aromatic carbocycles. The smallest absolute Gasteiger partial charge is 0.411 e. The van der Waals surface area contributed by atoms with Crippen molar-refractivity contribution in [3.8, 4) is 0 Å². The van der Waals surface area contributed by atoms with Gasteiger partial charge in [0.05, 0.1) is 6.61 Å². The third-order valence-corrected chi connectivity index (χ3v) is 4.49. The van der Waals surface area contributed by atoms with Crippen LogP contribution in [0, 0.1) is 12.8 Å². The minimum absolute atomic E-state index is 0.304. The molecule has 0 aliphatic heterocycles. The lowest BCUT2D eigenvalue weighted by atomic mass is 10.0. The third-order valence-electron chi connectivity index (χ3n) is 4.49. The van der Waals surface area contributed by atoms with Gasteiger partial charge in [0.1, 0.15) is 6.61 Å². The molecule has 0 spiro atoms. The molecule has 0 bridgehead atoms. The van der Waals surface area contributed by atoms with Crippen LogP contribution >= 0.6 is 0 Å². The predicted molar refractivity (Wildman–Crippen MR) is 113 cm³/mol. The first kappa shape index (κ1) is 23.8. The Morgan fingerprint density at radius 1 is 1.11 bits per heavy atom. The van der Waals surface area contributed by atoms with Crippen LogP contribution in [0.15, 0.2) is 18.2 Å². The number of rotatable bonds is 11. The van der Waals surface area contributed by atoms with Crippen LogP contribution in [0.3, 0.4) is 0 Å². The standard InChI is InChI=1S/C21H35N3O4/c1-6-8-9-17(7-2)15-28-20(25)22-18-11-10-16(3)19(14-18)23-21(26)27-13-12-24(4)5/h10-11,14,17H,6-9,12-13,15H2,1-5H3,(H,22,25)(H,23,26). The van der Waals surface area contributed by atoms with E-state index in [2.05, 4.69) is 24.5 Å². The summed E-state index contributed by atoms with van der Waals surface area (Å²) in [7, 11) is 3.82. The minimum atomic E-state index is -0.522. The molecule has 0 radical (unpaired) electrons. The SMILES string of the molecule is CCCCC(CC)COC(=O)Nc1ccc(C)c(NC(=O)OCCN(C)C)c1. The number of anilines is 2. The van der Waals surface area contributed by atoms with Crippen LogP contribution in [0.1, 0.15) is 45.1 Å². The first-order valence-electron chi connectivity index (χ1n) is 9.98. The zero-order valence-electron chi connectivity index (χ0n) is 17.8. The number of aryl methyl sites for hydroxylation is 1. The van der Waals surface area contributed by atoms with E-state index in [0.29, 0.717) is 37.1 Å². The molecule has 0 heterocycles. The second-order valence-electron chi connectivity index (χ2n) is 7.23. The molecule has 1 rings (SSSR count). The average Bonchev–Trinajstić information content (AvgIpc) is 2.64. The van der Waals surface area contributed by atoms with Crippen molar-refractivity contribution in [2.75, 3.05) is 44.5 Å². The Labute approximate surface area is 168 Å². The van der Waals surface area contributed by atoms with Gasteiger partial charge in [0.15, 0.2) is 0 Å². The van der Waals surface area contributed by atoms with E-state index in [4.69, 9.17) is 9.47 Å². The fraction of sp³-hybridized carbons (Fsp3) is 0.619. The molecule has 0 fully saturated rings. The second kappa shape index (κ2) is 13.0. The highest BCUT2D eigenvalue weighted by Crippen LogP contribution is 2.21. The van der Waals surface area contributed by atoms with Crippen molar-refractivity contribution in [2.45, 2.75) is 46.5 Å². The zero-order valence-corrected chi connectivity index (χ0v) is 17.8. The Kier molecular flexibility index (Phi) is 11.0. The summed E-state index contributed by atoms with van der Waals surface area (Å²) in [5.74, 6) is 0.387. The van der Waals surface area contributed by atoms with E-state index in [1.807, 2.05) is 32.0 Å². The van der Waals surface area contributed by atoms with E-state index in [9.17, 15) is 9.59 Å². The lowest BCUT2D eigenvalue weighted by molar-refractivity contribution is 0.136. The van der Waals surface area contributed by atoms with Gasteiger partial charge in [-0.2, -0.15) is 0 Å². The van der Waals surface area contributed by atoms with Crippen molar-refractivity contribution >= 4 is 23.6 Å². The fourth-order valence-corrected chi connectivity index (χ4v) is 2.55. The van der Waals surface area contributed by atoms with E-state index >= 15 is 0 Å². The highest BCUT2D eigenvalue weighted by Gasteiger charge is 2.12. The number of amides is 2. The Morgan fingerprint density at radius 3 is 2.46 bits per heavy atom. The Bertz CT molecular complexity index is 620. The van der Waals surface area contributed by atoms with Gasteiger partial charge < -0.3 is 14.4 Å². The summed E-state index contributed by atoms with van der Waals surface area (Å²) >= 11 is 0. The molecule has 0 aliphatic carbocycles. The highest BCUT2D eigenvalue weighted by atomic mass is 16.6. The van der Waals surface area contributed by atoms with Crippen LogP contribution in [0.5, 0.6) is 0 Å². The third kappa shape index (κ3) is 9.60. The van der Waals surface area contributed by atoms with Crippen molar-refractivity contribution in [3.05, 3.63) is 23.8 Å². The van der Waals surface area contributed by atoms with Gasteiger partial charge in [-0.15, -0.1) is 0 Å². The van der Waals surface area contributed by atoms with E-state index in [-0.39, 0.29) is 0 Å². The van der Waals surface area contributed by atoms with Gasteiger partial charge in [0, 0.05) is 17.9 Å². The van der Waals surface area contributed by atoms with Crippen molar-refractivity contribution in [3.63, 3.8) is 0 Å². The number of hydrogen-bond donors (Lipinski definition) is 2. The molecule has 1 unspecified atom stereocenters. The number of unbranched alkanes of at least 4 members (excludes halogenated alkanes) is 1. The number of nitrogens with one attached hydrogen (secondary N) is 2. The topological polar surface area (TPSA) is 79.9 Å². The molecule has 0 aromatic heterocycles. The van der Waals surface area contributed by atoms with E-state index in [1.54, 1.807) is 12.1 Å². The summed E-state index contributed by atoms with van der Waals surface area (Å²) in [6.07, 6.45) is 3.32. The van der Waals surface area contributed by atoms with Gasteiger partial charge >= 0.3 is 12.2 Å². The molecule has 2 amide bonds. The molecule has 7 heteroatoms. The van der Waals surface area contributed by atoms with E-state index < -0.39 is 12.2 Å². The number of benzene rings is 1. The summed E-state index contributed by atoms with van der Waals surface area (Å²) < 4.78 is 10.5. The molecular formula is C21H35N3O4. The lowest BCUT2D eigenvalue weighted by Gasteiger charge is -2.16. The predicted octanol–water partition coefficient (Wildman–Crippen LogP) is 4.87. The summed E-state index contributed by atoms with van der Waals surface area (Å²) in [6, 6.07) is 5.28. The molecule has 1 atom stereocenters. The summed E-state index contributed by atoms with van der Waals surface area (Å²) in [5, 5.41) is 5.42. The molecule has 28 heavy (non-hydrogen) atoms. The largest absolute Gasteiger partial charge is 0.449 e. The van der Waals surface area contributed by atoms with Crippen LogP contribution in [0.25, 0.3) is 0 Å². The zero-order chi connectivity index (χ0) is 20.9. The summed E-state index contributed by atoms with van der Waals surface area (Å²) in [6.45, 7) is 7.50. The number of carbonyl (C=O) groups excluding carboxylic acids is 2. The quantitative estimate of drug-likeness (QED) is 0.561. The molecule has 0 saturated carbocycles. The summed E-state index contributed by atoms with van der Waals surface area (Å²) in [5.41, 5.74) is 2.01. The fourth-order valence-electron chi connectivity index (χ4n) is 2.55. The average molecular weight is 394 g/mol. The highest BCUT2D eigenvalue weighted by molar-refractivity contribution is 5.89. The van der Waals surface area contributed by atoms with Gasteiger partial charge in [-0.05, 0) is 51.1 Å². The molecule has 0 aliphatic rings. The van der Waals surface area contributed by atoms with Crippen molar-refractivity contribution in [1.82, 2.24) is 4.90 Å². The Morgan fingerprint density at radius 2 is 1.82 bits per heavy atom. The lowest BCUT2D eigenvalue weighted by Crippen LogP contribution is -2.23. The van der Waals surface area contributed by atoms with Gasteiger partial charge in [-0.1, -0.05) is 39.2 Å².